The Morgan fingerprint density at radius 2 is 2.23 bits per heavy atom. The lowest BCUT2D eigenvalue weighted by molar-refractivity contribution is 0.137. The van der Waals surface area contributed by atoms with Gasteiger partial charge in [-0.1, -0.05) is 23.2 Å². The van der Waals surface area contributed by atoms with Gasteiger partial charge in [0.1, 0.15) is 18.0 Å². The molecule has 2 aromatic heterocycles. The van der Waals surface area contributed by atoms with Crippen LogP contribution in [-0.4, -0.2) is 37.5 Å². The molecule has 3 rings (SSSR count). The van der Waals surface area contributed by atoms with Crippen molar-refractivity contribution in [3.8, 4) is 0 Å². The van der Waals surface area contributed by atoms with E-state index in [0.717, 1.165) is 12.2 Å². The highest BCUT2D eigenvalue weighted by Crippen LogP contribution is 2.37. The summed E-state index contributed by atoms with van der Waals surface area (Å²) in [7, 11) is 1.92. The van der Waals surface area contributed by atoms with Gasteiger partial charge in [-0.3, -0.25) is 0 Å². The molecule has 1 fully saturated rings. The Bertz CT molecular complexity index is 662. The Labute approximate surface area is 138 Å². The highest BCUT2D eigenvalue weighted by Gasteiger charge is 2.35. The highest BCUT2D eigenvalue weighted by atomic mass is 35.5. The van der Waals surface area contributed by atoms with E-state index in [9.17, 15) is 5.11 Å². The SMILES string of the molecule is Cn1cnnc1[C@H]1C[C@H](CNc2ncc(Cl)cc2Cl)[C@H](O)C1. The lowest BCUT2D eigenvalue weighted by Gasteiger charge is -2.16. The van der Waals surface area contributed by atoms with Crippen LogP contribution in [0.4, 0.5) is 5.82 Å². The van der Waals surface area contributed by atoms with E-state index >= 15 is 0 Å². The van der Waals surface area contributed by atoms with E-state index in [0.29, 0.717) is 28.8 Å². The molecule has 0 aliphatic heterocycles. The van der Waals surface area contributed by atoms with Crippen LogP contribution >= 0.6 is 23.2 Å². The van der Waals surface area contributed by atoms with Crippen LogP contribution in [0.25, 0.3) is 0 Å². The number of halogens is 2. The van der Waals surface area contributed by atoms with Gasteiger partial charge >= 0.3 is 0 Å². The number of nitrogens with zero attached hydrogens (tertiary/aromatic N) is 4. The van der Waals surface area contributed by atoms with Gasteiger partial charge in [-0.2, -0.15) is 0 Å². The molecule has 0 saturated heterocycles. The number of aryl methyl sites for hydroxylation is 1. The third-order valence-corrected chi connectivity index (χ3v) is 4.60. The van der Waals surface area contributed by atoms with E-state index in [1.807, 2.05) is 11.6 Å². The van der Waals surface area contributed by atoms with Gasteiger partial charge in [-0.15, -0.1) is 10.2 Å². The van der Waals surface area contributed by atoms with E-state index in [4.69, 9.17) is 23.2 Å². The summed E-state index contributed by atoms with van der Waals surface area (Å²) < 4.78 is 1.91. The first-order valence-corrected chi connectivity index (χ1v) is 7.87. The molecule has 22 heavy (non-hydrogen) atoms. The highest BCUT2D eigenvalue weighted by molar-refractivity contribution is 6.35. The minimum atomic E-state index is -0.375. The molecule has 6 nitrogen and oxygen atoms in total. The standard InChI is InChI=1S/C14H17Cl2N5O/c1-21-7-19-20-14(21)8-2-9(12(22)3-8)5-17-13-11(16)4-10(15)6-18-13/h4,6-9,12,22H,2-3,5H2,1H3,(H,17,18)/t8-,9+,12+/m0/s1. The molecule has 2 aromatic rings. The molecular formula is C14H17Cl2N5O. The predicted molar refractivity (Wildman–Crippen MR) is 85.2 cm³/mol. The maximum absolute atomic E-state index is 10.3. The topological polar surface area (TPSA) is 75.9 Å². The number of hydrogen-bond donors (Lipinski definition) is 2. The Kier molecular flexibility index (Phi) is 4.52. The smallest absolute Gasteiger partial charge is 0.144 e. The number of aliphatic hydroxyl groups is 1. The van der Waals surface area contributed by atoms with Gasteiger partial charge < -0.3 is 15.0 Å². The van der Waals surface area contributed by atoms with Crippen LogP contribution in [-0.2, 0) is 7.05 Å². The Balaban J connectivity index is 1.62. The molecule has 2 N–H and O–H groups in total. The van der Waals surface area contributed by atoms with E-state index in [1.54, 1.807) is 18.6 Å². The summed E-state index contributed by atoms with van der Waals surface area (Å²) in [6.07, 6.45) is 4.40. The molecule has 0 spiro atoms. The number of nitrogens with one attached hydrogen (secondary N) is 1. The third-order valence-electron chi connectivity index (χ3n) is 4.11. The van der Waals surface area contributed by atoms with Gasteiger partial charge in [0.2, 0.25) is 0 Å². The average Bonchev–Trinajstić information content (AvgIpc) is 3.04. The predicted octanol–water partition coefficient (Wildman–Crippen LogP) is 2.48. The summed E-state index contributed by atoms with van der Waals surface area (Å²) in [4.78, 5) is 4.16. The largest absolute Gasteiger partial charge is 0.393 e. The van der Waals surface area contributed by atoms with Crippen LogP contribution in [0.5, 0.6) is 0 Å². The van der Waals surface area contributed by atoms with E-state index in [1.165, 1.54) is 0 Å². The zero-order chi connectivity index (χ0) is 15.7. The quantitative estimate of drug-likeness (QED) is 0.893. The Morgan fingerprint density at radius 3 is 2.91 bits per heavy atom. The lowest BCUT2D eigenvalue weighted by Crippen LogP contribution is -2.22. The Morgan fingerprint density at radius 1 is 1.41 bits per heavy atom. The van der Waals surface area contributed by atoms with Gasteiger partial charge in [0.05, 0.1) is 16.1 Å². The van der Waals surface area contributed by atoms with Crippen LogP contribution in [0.3, 0.4) is 0 Å². The van der Waals surface area contributed by atoms with Crippen molar-refractivity contribution < 1.29 is 5.11 Å². The molecule has 118 valence electrons. The summed E-state index contributed by atoms with van der Waals surface area (Å²) >= 11 is 11.9. The number of anilines is 1. The fourth-order valence-corrected chi connectivity index (χ4v) is 3.41. The van der Waals surface area contributed by atoms with Crippen LogP contribution in [0.15, 0.2) is 18.6 Å². The summed E-state index contributed by atoms with van der Waals surface area (Å²) in [6.45, 7) is 0.601. The lowest BCUT2D eigenvalue weighted by atomic mass is 10.0. The number of rotatable bonds is 4. The first-order chi connectivity index (χ1) is 10.5. The van der Waals surface area contributed by atoms with Gasteiger partial charge in [0, 0.05) is 31.6 Å². The van der Waals surface area contributed by atoms with Crippen LogP contribution in [0.2, 0.25) is 10.0 Å². The number of aromatic nitrogens is 4. The molecule has 0 aromatic carbocycles. The van der Waals surface area contributed by atoms with Crippen molar-refractivity contribution in [2.45, 2.75) is 24.9 Å². The minimum Gasteiger partial charge on any atom is -0.393 e. The van der Waals surface area contributed by atoms with Crippen molar-refractivity contribution in [3.05, 3.63) is 34.5 Å². The van der Waals surface area contributed by atoms with Crippen molar-refractivity contribution in [2.24, 2.45) is 13.0 Å². The fraction of sp³-hybridized carbons (Fsp3) is 0.500. The van der Waals surface area contributed by atoms with Crippen molar-refractivity contribution in [2.75, 3.05) is 11.9 Å². The second-order valence-electron chi connectivity index (χ2n) is 5.66. The average molecular weight is 342 g/mol. The van der Waals surface area contributed by atoms with Crippen LogP contribution < -0.4 is 5.32 Å². The molecule has 0 unspecified atom stereocenters. The second-order valence-corrected chi connectivity index (χ2v) is 6.50. The summed E-state index contributed by atoms with van der Waals surface area (Å²) in [5, 5.41) is 22.5. The molecule has 0 bridgehead atoms. The van der Waals surface area contributed by atoms with Gasteiger partial charge in [-0.05, 0) is 18.9 Å². The number of aliphatic hydroxyl groups excluding tert-OH is 1. The first-order valence-electron chi connectivity index (χ1n) is 7.11. The maximum Gasteiger partial charge on any atom is 0.144 e. The Hall–Kier alpha value is -1.37. The molecule has 0 radical (unpaired) electrons. The monoisotopic (exact) mass is 341 g/mol. The first kappa shape index (κ1) is 15.5. The van der Waals surface area contributed by atoms with Gasteiger partial charge in [0.15, 0.2) is 0 Å². The van der Waals surface area contributed by atoms with Crippen molar-refractivity contribution in [1.29, 1.82) is 0 Å². The molecule has 1 saturated carbocycles. The summed E-state index contributed by atoms with van der Waals surface area (Å²) in [6, 6.07) is 1.64. The molecular weight excluding hydrogens is 325 g/mol. The molecule has 1 aliphatic carbocycles. The van der Waals surface area contributed by atoms with E-state index < -0.39 is 0 Å². The maximum atomic E-state index is 10.3. The minimum absolute atomic E-state index is 0.121. The molecule has 3 atom stereocenters. The van der Waals surface area contributed by atoms with E-state index in [-0.39, 0.29) is 17.9 Å². The third kappa shape index (κ3) is 3.19. The normalized spacial score (nSPS) is 24.6. The zero-order valence-electron chi connectivity index (χ0n) is 12.1. The zero-order valence-corrected chi connectivity index (χ0v) is 13.6. The molecule has 1 aliphatic rings. The summed E-state index contributed by atoms with van der Waals surface area (Å²) in [5.41, 5.74) is 0. The van der Waals surface area contributed by atoms with Crippen molar-refractivity contribution in [1.82, 2.24) is 19.7 Å². The summed E-state index contributed by atoms with van der Waals surface area (Å²) in [5.74, 6) is 1.85. The van der Waals surface area contributed by atoms with Crippen LogP contribution in [0, 0.1) is 5.92 Å². The number of hydrogen-bond acceptors (Lipinski definition) is 5. The van der Waals surface area contributed by atoms with Gasteiger partial charge in [0.25, 0.3) is 0 Å². The number of pyridine rings is 1. The van der Waals surface area contributed by atoms with Crippen LogP contribution in [0.1, 0.15) is 24.6 Å². The van der Waals surface area contributed by atoms with Gasteiger partial charge in [-0.25, -0.2) is 4.98 Å². The molecule has 2 heterocycles. The van der Waals surface area contributed by atoms with Crippen molar-refractivity contribution in [3.63, 3.8) is 0 Å². The second kappa shape index (κ2) is 6.40. The fourth-order valence-electron chi connectivity index (χ4n) is 2.97. The van der Waals surface area contributed by atoms with Crippen molar-refractivity contribution >= 4 is 29.0 Å². The molecule has 0 amide bonds. The molecule has 8 heteroatoms. The van der Waals surface area contributed by atoms with E-state index in [2.05, 4.69) is 20.5 Å².